The zero-order valence-corrected chi connectivity index (χ0v) is 12.3. The number of hydrogen-bond donors (Lipinski definition) is 2. The Labute approximate surface area is 120 Å². The quantitative estimate of drug-likeness (QED) is 0.728. The molecule has 0 atom stereocenters. The molecule has 0 aliphatic carbocycles. The van der Waals surface area contributed by atoms with E-state index in [0.29, 0.717) is 18.7 Å². The molecule has 0 aliphatic rings. The predicted octanol–water partition coefficient (Wildman–Crippen LogP) is 2.03. The number of benzene rings is 1. The van der Waals surface area contributed by atoms with E-state index >= 15 is 0 Å². The Morgan fingerprint density at radius 1 is 1.40 bits per heavy atom. The van der Waals surface area contributed by atoms with E-state index in [2.05, 4.69) is 12.2 Å². The highest BCUT2D eigenvalue weighted by Gasteiger charge is 2.15. The van der Waals surface area contributed by atoms with Crippen LogP contribution in [0.1, 0.15) is 32.3 Å². The molecule has 1 aromatic rings. The Balaban J connectivity index is 3.03. The molecular formula is C15H24FN3O. The van der Waals surface area contributed by atoms with Crippen molar-refractivity contribution >= 4 is 11.6 Å². The summed E-state index contributed by atoms with van der Waals surface area (Å²) in [5, 5.41) is 3.13. The fourth-order valence-corrected chi connectivity index (χ4v) is 2.09. The highest BCUT2D eigenvalue weighted by molar-refractivity contribution is 5.80. The Morgan fingerprint density at radius 3 is 2.75 bits per heavy atom. The number of anilines is 1. The SMILES string of the molecule is CCCCN(CC(N)=O)c1cccc(F)c1CNCC. The molecule has 1 aromatic carbocycles. The normalized spacial score (nSPS) is 10.6. The topological polar surface area (TPSA) is 58.4 Å². The van der Waals surface area contributed by atoms with Gasteiger partial charge in [0.25, 0.3) is 0 Å². The van der Waals surface area contributed by atoms with Crippen LogP contribution in [-0.2, 0) is 11.3 Å². The first-order valence-electron chi connectivity index (χ1n) is 7.11. The van der Waals surface area contributed by atoms with Crippen molar-refractivity contribution in [1.29, 1.82) is 0 Å². The van der Waals surface area contributed by atoms with Gasteiger partial charge in [0, 0.05) is 24.3 Å². The van der Waals surface area contributed by atoms with Gasteiger partial charge in [-0.25, -0.2) is 4.39 Å². The van der Waals surface area contributed by atoms with Gasteiger partial charge in [-0.3, -0.25) is 4.79 Å². The van der Waals surface area contributed by atoms with Crippen LogP contribution in [0.15, 0.2) is 18.2 Å². The largest absolute Gasteiger partial charge is 0.368 e. The van der Waals surface area contributed by atoms with E-state index in [4.69, 9.17) is 5.73 Å². The van der Waals surface area contributed by atoms with Crippen LogP contribution in [0.5, 0.6) is 0 Å². The highest BCUT2D eigenvalue weighted by Crippen LogP contribution is 2.23. The molecule has 20 heavy (non-hydrogen) atoms. The van der Waals surface area contributed by atoms with E-state index < -0.39 is 5.91 Å². The summed E-state index contributed by atoms with van der Waals surface area (Å²) in [5.74, 6) is -0.658. The van der Waals surface area contributed by atoms with E-state index in [1.165, 1.54) is 6.07 Å². The Morgan fingerprint density at radius 2 is 2.15 bits per heavy atom. The number of nitrogens with two attached hydrogens (primary N) is 1. The lowest BCUT2D eigenvalue weighted by Gasteiger charge is -2.26. The first-order chi connectivity index (χ1) is 9.60. The van der Waals surface area contributed by atoms with Crippen LogP contribution in [0.4, 0.5) is 10.1 Å². The number of halogens is 1. The molecular weight excluding hydrogens is 257 g/mol. The van der Waals surface area contributed by atoms with Crippen molar-refractivity contribution in [2.24, 2.45) is 5.73 Å². The Bertz CT molecular complexity index is 437. The molecule has 3 N–H and O–H groups in total. The predicted molar refractivity (Wildman–Crippen MR) is 80.1 cm³/mol. The van der Waals surface area contributed by atoms with E-state index in [9.17, 15) is 9.18 Å². The minimum atomic E-state index is -0.403. The van der Waals surface area contributed by atoms with Crippen LogP contribution in [0.2, 0.25) is 0 Å². The number of unbranched alkanes of at least 4 members (excludes halogenated alkanes) is 1. The third kappa shape index (κ3) is 4.81. The van der Waals surface area contributed by atoms with Gasteiger partial charge in [0.2, 0.25) is 5.91 Å². The maximum Gasteiger partial charge on any atom is 0.236 e. The fourth-order valence-electron chi connectivity index (χ4n) is 2.09. The number of hydrogen-bond acceptors (Lipinski definition) is 3. The maximum absolute atomic E-state index is 14.0. The van der Waals surface area contributed by atoms with E-state index in [1.54, 1.807) is 6.07 Å². The summed E-state index contributed by atoms with van der Waals surface area (Å²) in [6.07, 6.45) is 1.94. The molecule has 4 nitrogen and oxygen atoms in total. The summed E-state index contributed by atoms with van der Waals surface area (Å²) < 4.78 is 14.0. The minimum absolute atomic E-state index is 0.114. The van der Waals surface area contributed by atoms with Gasteiger partial charge in [0.15, 0.2) is 0 Å². The molecule has 0 fully saturated rings. The monoisotopic (exact) mass is 281 g/mol. The summed E-state index contributed by atoms with van der Waals surface area (Å²) >= 11 is 0. The van der Waals surface area contributed by atoms with Gasteiger partial charge in [-0.15, -0.1) is 0 Å². The molecule has 0 heterocycles. The standard InChI is InChI=1S/C15H24FN3O/c1-3-5-9-19(11-15(17)20)14-8-6-7-13(16)12(14)10-18-4-2/h6-8,18H,3-5,9-11H2,1-2H3,(H2,17,20). The third-order valence-corrected chi connectivity index (χ3v) is 3.11. The van der Waals surface area contributed by atoms with E-state index in [-0.39, 0.29) is 12.4 Å². The van der Waals surface area contributed by atoms with Gasteiger partial charge in [-0.05, 0) is 25.1 Å². The second kappa shape index (κ2) is 8.53. The van der Waals surface area contributed by atoms with Crippen molar-refractivity contribution < 1.29 is 9.18 Å². The fraction of sp³-hybridized carbons (Fsp3) is 0.533. The first-order valence-corrected chi connectivity index (χ1v) is 7.11. The first kappa shape index (κ1) is 16.4. The van der Waals surface area contributed by atoms with Gasteiger partial charge in [0.1, 0.15) is 5.82 Å². The number of rotatable bonds is 9. The zero-order valence-electron chi connectivity index (χ0n) is 12.3. The molecule has 0 aromatic heterocycles. The molecule has 0 bridgehead atoms. The summed E-state index contributed by atoms with van der Waals surface area (Å²) in [6.45, 7) is 6.06. The zero-order chi connectivity index (χ0) is 15.0. The highest BCUT2D eigenvalue weighted by atomic mass is 19.1. The lowest BCUT2D eigenvalue weighted by Crippen LogP contribution is -2.35. The van der Waals surface area contributed by atoms with Crippen LogP contribution in [0.3, 0.4) is 0 Å². The Hall–Kier alpha value is -1.62. The summed E-state index contributed by atoms with van der Waals surface area (Å²) in [7, 11) is 0. The molecule has 0 unspecified atom stereocenters. The van der Waals surface area contributed by atoms with Crippen molar-refractivity contribution in [2.75, 3.05) is 24.5 Å². The Kier molecular flexibility index (Phi) is 7.01. The number of carbonyl (C=O) groups excluding carboxylic acids is 1. The van der Waals surface area contributed by atoms with E-state index in [0.717, 1.165) is 25.1 Å². The molecule has 0 spiro atoms. The van der Waals surface area contributed by atoms with Crippen molar-refractivity contribution in [3.63, 3.8) is 0 Å². The number of nitrogens with one attached hydrogen (secondary N) is 1. The van der Waals surface area contributed by atoms with Crippen molar-refractivity contribution in [3.8, 4) is 0 Å². The van der Waals surface area contributed by atoms with E-state index in [1.807, 2.05) is 17.9 Å². The number of amides is 1. The lowest BCUT2D eigenvalue weighted by molar-refractivity contribution is -0.116. The van der Waals surface area contributed by atoms with Gasteiger partial charge >= 0.3 is 0 Å². The second-order valence-corrected chi connectivity index (χ2v) is 4.76. The van der Waals surface area contributed by atoms with Crippen molar-refractivity contribution in [1.82, 2.24) is 5.32 Å². The van der Waals surface area contributed by atoms with Crippen LogP contribution in [0.25, 0.3) is 0 Å². The van der Waals surface area contributed by atoms with Crippen LogP contribution in [0, 0.1) is 5.82 Å². The average Bonchev–Trinajstić information content (AvgIpc) is 2.41. The minimum Gasteiger partial charge on any atom is -0.368 e. The molecule has 112 valence electrons. The van der Waals surface area contributed by atoms with Crippen LogP contribution < -0.4 is 16.0 Å². The van der Waals surface area contributed by atoms with Gasteiger partial charge in [-0.1, -0.05) is 26.3 Å². The van der Waals surface area contributed by atoms with Crippen LogP contribution >= 0.6 is 0 Å². The molecule has 0 radical (unpaired) electrons. The average molecular weight is 281 g/mol. The number of carbonyl (C=O) groups is 1. The molecule has 5 heteroatoms. The maximum atomic E-state index is 14.0. The smallest absolute Gasteiger partial charge is 0.236 e. The molecule has 0 saturated heterocycles. The van der Waals surface area contributed by atoms with Gasteiger partial charge in [0.05, 0.1) is 6.54 Å². The van der Waals surface area contributed by atoms with Crippen molar-refractivity contribution in [3.05, 3.63) is 29.6 Å². The molecule has 1 amide bonds. The second-order valence-electron chi connectivity index (χ2n) is 4.76. The summed E-state index contributed by atoms with van der Waals surface area (Å²) in [6, 6.07) is 4.95. The van der Waals surface area contributed by atoms with Gasteiger partial charge < -0.3 is 16.0 Å². The molecule has 0 aliphatic heterocycles. The molecule has 0 saturated carbocycles. The number of nitrogens with zero attached hydrogens (tertiary/aromatic N) is 1. The summed E-state index contributed by atoms with van der Waals surface area (Å²) in [5.41, 5.74) is 6.64. The van der Waals surface area contributed by atoms with Crippen molar-refractivity contribution in [2.45, 2.75) is 33.2 Å². The summed E-state index contributed by atoms with van der Waals surface area (Å²) in [4.78, 5) is 13.1. The van der Waals surface area contributed by atoms with Gasteiger partial charge in [-0.2, -0.15) is 0 Å². The van der Waals surface area contributed by atoms with Crippen LogP contribution in [-0.4, -0.2) is 25.5 Å². The third-order valence-electron chi connectivity index (χ3n) is 3.11. The number of primary amides is 1. The lowest BCUT2D eigenvalue weighted by atomic mass is 10.1. The molecule has 1 rings (SSSR count).